The number of carbonyl (C=O) groups is 2. The van der Waals surface area contributed by atoms with Gasteiger partial charge in [0.25, 0.3) is 0 Å². The number of rotatable bonds is 8. The predicted molar refractivity (Wildman–Crippen MR) is 110 cm³/mol. The normalized spacial score (nSPS) is 13.7. The second-order valence-electron chi connectivity index (χ2n) is 8.11. The number of ether oxygens (including phenoxy) is 2. The number of hydrogen-bond donors (Lipinski definition) is 1. The lowest BCUT2D eigenvalue weighted by Crippen LogP contribution is -2.37. The molecule has 0 bridgehead atoms. The molecule has 1 N–H and O–H groups in total. The molecule has 1 aliphatic rings. The molecule has 0 unspecified atom stereocenters. The first-order valence-corrected chi connectivity index (χ1v) is 10.2. The Kier molecular flexibility index (Phi) is 7.72. The molecule has 0 spiro atoms. The van der Waals surface area contributed by atoms with E-state index in [1.165, 1.54) is 5.56 Å². The van der Waals surface area contributed by atoms with E-state index in [4.69, 9.17) is 9.47 Å². The summed E-state index contributed by atoms with van der Waals surface area (Å²) in [6.07, 6.45) is 1.90. The molecule has 1 aliphatic heterocycles. The Morgan fingerprint density at radius 1 is 1.07 bits per heavy atom. The standard InChI is InChI=1S/C22H34N2O4/c1-6-27-18-13-16-10-12-24(15-17(16)14-19(18)28-7-2)20(25)9-8-11-23-21(26)22(3,4)5/h13-14H,6-12,15H2,1-5H3,(H,23,26). The maximum absolute atomic E-state index is 12.6. The van der Waals surface area contributed by atoms with Gasteiger partial charge in [-0.15, -0.1) is 0 Å². The average molecular weight is 391 g/mol. The van der Waals surface area contributed by atoms with Gasteiger partial charge in [-0.1, -0.05) is 20.8 Å². The molecular formula is C22H34N2O4. The molecule has 0 aliphatic carbocycles. The summed E-state index contributed by atoms with van der Waals surface area (Å²) in [4.78, 5) is 26.4. The third kappa shape index (κ3) is 5.88. The third-order valence-electron chi connectivity index (χ3n) is 4.76. The van der Waals surface area contributed by atoms with Gasteiger partial charge in [0, 0.05) is 31.5 Å². The molecule has 6 nitrogen and oxygen atoms in total. The summed E-state index contributed by atoms with van der Waals surface area (Å²) in [7, 11) is 0. The molecule has 6 heteroatoms. The van der Waals surface area contributed by atoms with E-state index >= 15 is 0 Å². The van der Waals surface area contributed by atoms with Crippen LogP contribution in [0.1, 0.15) is 58.6 Å². The van der Waals surface area contributed by atoms with Gasteiger partial charge in [0.15, 0.2) is 11.5 Å². The number of carbonyl (C=O) groups excluding carboxylic acids is 2. The van der Waals surface area contributed by atoms with Gasteiger partial charge in [-0.05, 0) is 49.9 Å². The number of nitrogens with zero attached hydrogens (tertiary/aromatic N) is 1. The molecule has 2 amide bonds. The van der Waals surface area contributed by atoms with Crippen LogP contribution in [0.25, 0.3) is 0 Å². The Balaban J connectivity index is 1.92. The first-order valence-electron chi connectivity index (χ1n) is 10.2. The molecule has 0 aromatic heterocycles. The molecule has 28 heavy (non-hydrogen) atoms. The highest BCUT2D eigenvalue weighted by Crippen LogP contribution is 2.34. The Labute approximate surface area is 168 Å². The van der Waals surface area contributed by atoms with Gasteiger partial charge < -0.3 is 19.7 Å². The highest BCUT2D eigenvalue weighted by Gasteiger charge is 2.23. The van der Waals surface area contributed by atoms with E-state index in [0.717, 1.165) is 23.5 Å². The van der Waals surface area contributed by atoms with Crippen LogP contribution in [0.15, 0.2) is 12.1 Å². The zero-order chi connectivity index (χ0) is 20.7. The molecule has 1 heterocycles. The topological polar surface area (TPSA) is 67.9 Å². The Morgan fingerprint density at radius 3 is 2.25 bits per heavy atom. The second kappa shape index (κ2) is 9.80. The molecule has 156 valence electrons. The van der Waals surface area contributed by atoms with Gasteiger partial charge in [0.05, 0.1) is 13.2 Å². The van der Waals surface area contributed by atoms with E-state index in [1.54, 1.807) is 0 Å². The van der Waals surface area contributed by atoms with E-state index in [1.807, 2.05) is 51.7 Å². The van der Waals surface area contributed by atoms with E-state index in [2.05, 4.69) is 5.32 Å². The molecule has 0 saturated carbocycles. The van der Waals surface area contributed by atoms with Crippen molar-refractivity contribution >= 4 is 11.8 Å². The van der Waals surface area contributed by atoms with E-state index in [0.29, 0.717) is 45.7 Å². The number of fused-ring (bicyclic) bond motifs is 1. The maximum atomic E-state index is 12.6. The molecule has 0 atom stereocenters. The summed E-state index contributed by atoms with van der Waals surface area (Å²) in [6, 6.07) is 4.06. The van der Waals surface area contributed by atoms with Crippen LogP contribution in [0.4, 0.5) is 0 Å². The van der Waals surface area contributed by atoms with Gasteiger partial charge in [0.1, 0.15) is 0 Å². The van der Waals surface area contributed by atoms with Crippen molar-refractivity contribution in [1.82, 2.24) is 10.2 Å². The number of benzene rings is 1. The lowest BCUT2D eigenvalue weighted by Gasteiger charge is -2.30. The molecule has 1 aromatic rings. The minimum absolute atomic E-state index is 0.0143. The van der Waals surface area contributed by atoms with Crippen molar-refractivity contribution in [3.05, 3.63) is 23.3 Å². The van der Waals surface area contributed by atoms with Crippen molar-refractivity contribution in [3.8, 4) is 11.5 Å². The molecule has 2 rings (SSSR count). The molecule has 0 saturated heterocycles. The van der Waals surface area contributed by atoms with Crippen molar-refractivity contribution in [2.24, 2.45) is 5.41 Å². The Hall–Kier alpha value is -2.24. The monoisotopic (exact) mass is 390 g/mol. The smallest absolute Gasteiger partial charge is 0.225 e. The van der Waals surface area contributed by atoms with Crippen molar-refractivity contribution < 1.29 is 19.1 Å². The summed E-state index contributed by atoms with van der Waals surface area (Å²) in [5.41, 5.74) is 1.93. The largest absolute Gasteiger partial charge is 0.490 e. The fraction of sp³-hybridized carbons (Fsp3) is 0.636. The fourth-order valence-corrected chi connectivity index (χ4v) is 3.18. The van der Waals surface area contributed by atoms with Crippen molar-refractivity contribution in [2.45, 2.75) is 60.4 Å². The zero-order valence-corrected chi connectivity index (χ0v) is 17.9. The molecule has 0 radical (unpaired) electrons. The summed E-state index contributed by atoms with van der Waals surface area (Å²) in [5, 5.41) is 2.90. The van der Waals surface area contributed by atoms with E-state index < -0.39 is 5.41 Å². The van der Waals surface area contributed by atoms with Crippen molar-refractivity contribution in [3.63, 3.8) is 0 Å². The SMILES string of the molecule is CCOc1cc2c(cc1OCC)CN(C(=O)CCCNC(=O)C(C)(C)C)CC2. The minimum atomic E-state index is -0.404. The first kappa shape index (κ1) is 22.1. The predicted octanol–water partition coefficient (Wildman–Crippen LogP) is 3.31. The van der Waals surface area contributed by atoms with Crippen molar-refractivity contribution in [2.75, 3.05) is 26.3 Å². The summed E-state index contributed by atoms with van der Waals surface area (Å²) >= 11 is 0. The van der Waals surface area contributed by atoms with E-state index in [9.17, 15) is 9.59 Å². The lowest BCUT2D eigenvalue weighted by atomic mass is 9.96. The van der Waals surface area contributed by atoms with Gasteiger partial charge in [-0.3, -0.25) is 9.59 Å². The van der Waals surface area contributed by atoms with Crippen molar-refractivity contribution in [1.29, 1.82) is 0 Å². The van der Waals surface area contributed by atoms with Crippen LogP contribution in [-0.4, -0.2) is 43.0 Å². The van der Waals surface area contributed by atoms with Gasteiger partial charge in [-0.2, -0.15) is 0 Å². The Bertz CT molecular complexity index is 695. The van der Waals surface area contributed by atoms with E-state index in [-0.39, 0.29) is 11.8 Å². The quantitative estimate of drug-likeness (QED) is 0.692. The van der Waals surface area contributed by atoms with Crippen LogP contribution in [0.5, 0.6) is 11.5 Å². The first-order chi connectivity index (χ1) is 13.3. The van der Waals surface area contributed by atoms with Gasteiger partial charge >= 0.3 is 0 Å². The van der Waals surface area contributed by atoms with Crippen LogP contribution in [-0.2, 0) is 22.6 Å². The number of amides is 2. The summed E-state index contributed by atoms with van der Waals surface area (Å²) < 4.78 is 11.4. The lowest BCUT2D eigenvalue weighted by molar-refractivity contribution is -0.133. The van der Waals surface area contributed by atoms with Crippen LogP contribution in [0.3, 0.4) is 0 Å². The molecule has 1 aromatic carbocycles. The summed E-state index contributed by atoms with van der Waals surface area (Å²) in [5.74, 6) is 1.66. The third-order valence-corrected chi connectivity index (χ3v) is 4.76. The van der Waals surface area contributed by atoms with Crippen LogP contribution in [0, 0.1) is 5.41 Å². The van der Waals surface area contributed by atoms with Gasteiger partial charge in [0.2, 0.25) is 11.8 Å². The van der Waals surface area contributed by atoms with Crippen LogP contribution < -0.4 is 14.8 Å². The van der Waals surface area contributed by atoms with Crippen LogP contribution >= 0.6 is 0 Å². The van der Waals surface area contributed by atoms with Crippen LogP contribution in [0.2, 0.25) is 0 Å². The van der Waals surface area contributed by atoms with Gasteiger partial charge in [-0.25, -0.2) is 0 Å². The number of nitrogens with one attached hydrogen (secondary N) is 1. The number of hydrogen-bond acceptors (Lipinski definition) is 4. The zero-order valence-electron chi connectivity index (χ0n) is 17.9. The summed E-state index contributed by atoms with van der Waals surface area (Å²) in [6.45, 7) is 12.5. The fourth-order valence-electron chi connectivity index (χ4n) is 3.18. The average Bonchev–Trinajstić information content (AvgIpc) is 2.64. The minimum Gasteiger partial charge on any atom is -0.490 e. The maximum Gasteiger partial charge on any atom is 0.225 e. The highest BCUT2D eigenvalue weighted by molar-refractivity contribution is 5.81. The molecule has 0 fully saturated rings. The Morgan fingerprint density at radius 2 is 1.68 bits per heavy atom. The molecular weight excluding hydrogens is 356 g/mol. The highest BCUT2D eigenvalue weighted by atomic mass is 16.5. The second-order valence-corrected chi connectivity index (χ2v) is 8.11.